The largest absolute Gasteiger partial charge is 0.492 e. The number of aliphatic hydroxyl groups is 2. The zero-order valence-corrected chi connectivity index (χ0v) is 13.1. The normalized spacial score (nSPS) is 12.8. The molecule has 0 fully saturated rings. The number of aromatic hydroxyl groups is 1. The highest BCUT2D eigenvalue weighted by atomic mass is 16.3. The van der Waals surface area contributed by atoms with E-state index in [4.69, 9.17) is 5.11 Å². The number of rotatable bonds is 7. The quantitative estimate of drug-likeness (QED) is 0.515. The highest BCUT2D eigenvalue weighted by molar-refractivity contribution is 5.65. The van der Waals surface area contributed by atoms with E-state index < -0.39 is 6.10 Å². The van der Waals surface area contributed by atoms with E-state index in [2.05, 4.69) is 15.0 Å². The molecule has 0 radical (unpaired) electrons. The van der Waals surface area contributed by atoms with Gasteiger partial charge in [-0.05, 0) is 5.56 Å². The number of aromatic nitrogens is 3. The van der Waals surface area contributed by atoms with Crippen molar-refractivity contribution in [2.75, 3.05) is 13.2 Å². The van der Waals surface area contributed by atoms with Crippen LogP contribution in [0, 0.1) is 0 Å². The summed E-state index contributed by atoms with van der Waals surface area (Å²) in [6.45, 7) is 1.18. The first kappa shape index (κ1) is 16.4. The van der Waals surface area contributed by atoms with Crippen LogP contribution in [0.25, 0.3) is 11.4 Å². The second-order valence-electron chi connectivity index (χ2n) is 5.72. The molecule has 0 saturated heterocycles. The van der Waals surface area contributed by atoms with Crippen molar-refractivity contribution in [1.82, 2.24) is 19.9 Å². The van der Waals surface area contributed by atoms with Crippen molar-refractivity contribution in [1.29, 1.82) is 0 Å². The molecule has 1 aromatic carbocycles. The highest BCUT2D eigenvalue weighted by Crippen LogP contribution is 2.29. The smallest absolute Gasteiger partial charge is 0.241 e. The molecule has 0 saturated carbocycles. The second kappa shape index (κ2) is 7.39. The molecule has 24 heavy (non-hydrogen) atoms. The average Bonchev–Trinajstić information content (AvgIpc) is 3.00. The summed E-state index contributed by atoms with van der Waals surface area (Å²) in [5.41, 5.74) is 3.15. The Morgan fingerprint density at radius 1 is 1.12 bits per heavy atom. The Bertz CT molecular complexity index is 747. The van der Waals surface area contributed by atoms with E-state index in [9.17, 15) is 10.2 Å². The van der Waals surface area contributed by atoms with Crippen LogP contribution < -0.4 is 0 Å². The molecule has 0 aliphatic carbocycles. The molecule has 4 N–H and O–H groups in total. The molecule has 7 heteroatoms. The van der Waals surface area contributed by atoms with E-state index in [1.807, 2.05) is 35.2 Å². The Labute approximate surface area is 139 Å². The lowest BCUT2D eigenvalue weighted by molar-refractivity contribution is 0.0542. The van der Waals surface area contributed by atoms with Crippen molar-refractivity contribution in [3.63, 3.8) is 0 Å². The third-order valence-electron chi connectivity index (χ3n) is 3.84. The van der Waals surface area contributed by atoms with Gasteiger partial charge in [-0.3, -0.25) is 4.90 Å². The summed E-state index contributed by atoms with van der Waals surface area (Å²) in [6, 6.07) is 9.92. The summed E-state index contributed by atoms with van der Waals surface area (Å²) in [5, 5.41) is 28.7. The highest BCUT2D eigenvalue weighted by Gasteiger charge is 2.20. The molecule has 0 amide bonds. The first-order valence-corrected chi connectivity index (χ1v) is 7.72. The number of aliphatic hydroxyl groups excluding tert-OH is 2. The van der Waals surface area contributed by atoms with Gasteiger partial charge in [0.1, 0.15) is 5.69 Å². The maximum Gasteiger partial charge on any atom is 0.241 e. The van der Waals surface area contributed by atoms with Crippen molar-refractivity contribution in [2.45, 2.75) is 19.2 Å². The maximum atomic E-state index is 9.83. The molecular weight excluding hydrogens is 308 g/mol. The summed E-state index contributed by atoms with van der Waals surface area (Å²) in [4.78, 5) is 13.0. The van der Waals surface area contributed by atoms with Crippen LogP contribution in [-0.2, 0) is 13.1 Å². The van der Waals surface area contributed by atoms with Crippen LogP contribution in [0.3, 0.4) is 0 Å². The van der Waals surface area contributed by atoms with Crippen molar-refractivity contribution in [3.8, 4) is 17.3 Å². The lowest BCUT2D eigenvalue weighted by Crippen LogP contribution is -2.33. The van der Waals surface area contributed by atoms with Crippen LogP contribution >= 0.6 is 0 Å². The number of aromatic amines is 1. The van der Waals surface area contributed by atoms with Gasteiger partial charge in [0.2, 0.25) is 5.88 Å². The molecule has 7 nitrogen and oxygen atoms in total. The monoisotopic (exact) mass is 328 g/mol. The summed E-state index contributed by atoms with van der Waals surface area (Å²) < 4.78 is 0. The van der Waals surface area contributed by atoms with Gasteiger partial charge in [-0.15, -0.1) is 0 Å². The number of H-pyrrole nitrogens is 1. The molecule has 0 bridgehead atoms. The van der Waals surface area contributed by atoms with Gasteiger partial charge in [-0.1, -0.05) is 30.3 Å². The molecule has 2 aliphatic heterocycles. The number of nitrogens with one attached hydrogen (secondary N) is 1. The molecule has 1 aromatic rings. The molecule has 1 atom stereocenters. The van der Waals surface area contributed by atoms with Gasteiger partial charge in [0.05, 0.1) is 24.7 Å². The minimum absolute atomic E-state index is 0.111. The summed E-state index contributed by atoms with van der Waals surface area (Å²) >= 11 is 0. The van der Waals surface area contributed by atoms with Crippen LogP contribution in [0.5, 0.6) is 5.88 Å². The number of benzene rings is 1. The van der Waals surface area contributed by atoms with Crippen LogP contribution in [0.1, 0.15) is 11.1 Å². The van der Waals surface area contributed by atoms with Gasteiger partial charge in [0.15, 0.2) is 0 Å². The van der Waals surface area contributed by atoms with Gasteiger partial charge < -0.3 is 20.3 Å². The fourth-order valence-corrected chi connectivity index (χ4v) is 2.72. The Kier molecular flexibility index (Phi) is 5.05. The Balaban J connectivity index is 1.80. The van der Waals surface area contributed by atoms with Crippen molar-refractivity contribution in [2.24, 2.45) is 0 Å². The topological polar surface area (TPSA) is 106 Å². The summed E-state index contributed by atoms with van der Waals surface area (Å²) in [7, 11) is 0. The number of nitrogens with zero attached hydrogens (tertiary/aromatic N) is 3. The van der Waals surface area contributed by atoms with E-state index in [-0.39, 0.29) is 12.5 Å². The molecular formula is C17H20N4O3. The third-order valence-corrected chi connectivity index (χ3v) is 3.84. The molecule has 0 spiro atoms. The van der Waals surface area contributed by atoms with Crippen molar-refractivity contribution in [3.05, 3.63) is 54.0 Å². The maximum absolute atomic E-state index is 9.83. The van der Waals surface area contributed by atoms with Crippen LogP contribution in [0.2, 0.25) is 0 Å². The minimum Gasteiger partial charge on any atom is -0.492 e. The fraction of sp³-hybridized carbons (Fsp3) is 0.294. The van der Waals surface area contributed by atoms with Gasteiger partial charge in [-0.25, -0.2) is 9.97 Å². The van der Waals surface area contributed by atoms with Gasteiger partial charge >= 0.3 is 0 Å². The third kappa shape index (κ3) is 3.70. The average molecular weight is 328 g/mol. The molecule has 3 rings (SSSR count). The molecule has 126 valence electrons. The summed E-state index contributed by atoms with van der Waals surface area (Å²) in [6.07, 6.45) is 2.29. The van der Waals surface area contributed by atoms with Gasteiger partial charge in [0.25, 0.3) is 0 Å². The van der Waals surface area contributed by atoms with Crippen LogP contribution in [-0.4, -0.2) is 54.4 Å². The molecule has 0 aromatic heterocycles. The Morgan fingerprint density at radius 2 is 1.92 bits per heavy atom. The zero-order chi connectivity index (χ0) is 16.9. The van der Waals surface area contributed by atoms with Crippen LogP contribution in [0.15, 0.2) is 42.9 Å². The van der Waals surface area contributed by atoms with Crippen molar-refractivity contribution >= 4 is 0 Å². The van der Waals surface area contributed by atoms with Gasteiger partial charge in [0, 0.05) is 31.4 Å². The van der Waals surface area contributed by atoms with Crippen LogP contribution in [0.4, 0.5) is 0 Å². The zero-order valence-electron chi connectivity index (χ0n) is 13.1. The first-order chi connectivity index (χ1) is 11.7. The molecule has 0 unspecified atom stereocenters. The number of hydrogen-bond acceptors (Lipinski definition) is 6. The lowest BCUT2D eigenvalue weighted by Gasteiger charge is -2.24. The summed E-state index contributed by atoms with van der Waals surface area (Å²) in [5.74, 6) is -0.111. The van der Waals surface area contributed by atoms with E-state index in [0.29, 0.717) is 25.3 Å². The lowest BCUT2D eigenvalue weighted by atomic mass is 10.1. The fourth-order valence-electron chi connectivity index (χ4n) is 2.72. The Hall–Kier alpha value is -2.48. The predicted molar refractivity (Wildman–Crippen MR) is 88.3 cm³/mol. The van der Waals surface area contributed by atoms with Crippen molar-refractivity contribution < 1.29 is 15.3 Å². The molecule has 2 heterocycles. The Morgan fingerprint density at radius 3 is 2.67 bits per heavy atom. The van der Waals surface area contributed by atoms with E-state index in [1.165, 1.54) is 6.33 Å². The van der Waals surface area contributed by atoms with E-state index in [0.717, 1.165) is 16.8 Å². The standard InChI is InChI=1S/C17H20N4O3/c22-10-14(23)9-21(7-12-4-2-1-3-5-12)8-13-6-18-16-15(13)19-11-20-17(16)24/h1-6,11,14,22-24H,7-10H2,(H,19,20)/t14-/m0/s1. The van der Waals surface area contributed by atoms with E-state index in [1.54, 1.807) is 6.20 Å². The second-order valence-corrected chi connectivity index (χ2v) is 5.72. The minimum atomic E-state index is -0.818. The van der Waals surface area contributed by atoms with Gasteiger partial charge in [-0.2, -0.15) is 0 Å². The molecule has 2 aliphatic rings. The van der Waals surface area contributed by atoms with E-state index >= 15 is 0 Å². The number of hydrogen-bond donors (Lipinski definition) is 4. The predicted octanol–water partition coefficient (Wildman–Crippen LogP) is 0.970. The SMILES string of the molecule is OC[C@@H](O)CN(Cc1ccccc1)Cc1cnc2c(O)nc[nH]c1-2. The number of fused-ring (bicyclic) bond motifs is 1. The first-order valence-electron chi connectivity index (χ1n) is 7.72.